The highest BCUT2D eigenvalue weighted by Gasteiger charge is 2.31. The molecule has 0 amide bonds. The van der Waals surface area contributed by atoms with Gasteiger partial charge in [-0.25, -0.2) is 0 Å². The second-order valence-corrected chi connectivity index (χ2v) is 6.34. The summed E-state index contributed by atoms with van der Waals surface area (Å²) < 4.78 is 4.33. The Bertz CT molecular complexity index is 1270. The Hall–Kier alpha value is -3.89. The SMILES string of the molecule is [C-]#[N+]c1cc2c[n+]3n(c2cc1[N+]#[C-])-c1c(cccc1-c1ccccc1)C3. The molecule has 4 heteroatoms. The number of fused-ring (bicyclic) bond motifs is 5. The molecule has 0 saturated carbocycles. The summed E-state index contributed by atoms with van der Waals surface area (Å²) in [5.74, 6) is 0. The van der Waals surface area contributed by atoms with Crippen molar-refractivity contribution in [3.63, 3.8) is 0 Å². The number of rotatable bonds is 1. The van der Waals surface area contributed by atoms with Gasteiger partial charge < -0.3 is 0 Å². The van der Waals surface area contributed by atoms with Gasteiger partial charge in [0.25, 0.3) is 0 Å². The standard InChI is InChI=1S/C22H13N4/c1-23-19-11-17-14-25-13-16-9-6-10-18(15-7-4-3-5-8-15)22(16)26(25)21(17)12-20(19)24-2/h3-12,14H,13H2/q+1. The molecular weight excluding hydrogens is 320 g/mol. The minimum Gasteiger partial charge on any atom is -0.250 e. The van der Waals surface area contributed by atoms with Gasteiger partial charge in [0.15, 0.2) is 17.9 Å². The van der Waals surface area contributed by atoms with Crippen LogP contribution in [-0.2, 0) is 6.54 Å². The van der Waals surface area contributed by atoms with E-state index in [4.69, 9.17) is 13.1 Å². The van der Waals surface area contributed by atoms with E-state index in [1.165, 1.54) is 16.7 Å². The lowest BCUT2D eigenvalue weighted by atomic mass is 10.0. The Morgan fingerprint density at radius 3 is 2.42 bits per heavy atom. The Balaban J connectivity index is 1.85. The summed E-state index contributed by atoms with van der Waals surface area (Å²) in [6.45, 7) is 15.5. The molecule has 26 heavy (non-hydrogen) atoms. The van der Waals surface area contributed by atoms with E-state index in [9.17, 15) is 0 Å². The van der Waals surface area contributed by atoms with E-state index in [0.717, 1.165) is 23.1 Å². The van der Waals surface area contributed by atoms with Crippen LogP contribution in [0.2, 0.25) is 0 Å². The molecule has 0 saturated heterocycles. The van der Waals surface area contributed by atoms with Crippen LogP contribution >= 0.6 is 0 Å². The second kappa shape index (κ2) is 5.31. The minimum atomic E-state index is 0.402. The van der Waals surface area contributed by atoms with Crippen LogP contribution in [0.5, 0.6) is 0 Å². The predicted octanol–water partition coefficient (Wildman–Crippen LogP) is 5.05. The van der Waals surface area contributed by atoms with Gasteiger partial charge in [-0.2, -0.15) is 0 Å². The molecule has 1 aliphatic rings. The lowest BCUT2D eigenvalue weighted by Gasteiger charge is -2.08. The number of para-hydroxylation sites is 1. The lowest BCUT2D eigenvalue weighted by molar-refractivity contribution is -0.749. The van der Waals surface area contributed by atoms with Crippen LogP contribution in [0.3, 0.4) is 0 Å². The van der Waals surface area contributed by atoms with Crippen LogP contribution in [0, 0.1) is 13.1 Å². The monoisotopic (exact) mass is 333 g/mol. The fraction of sp³-hybridized carbons (Fsp3) is 0.0455. The molecule has 4 nitrogen and oxygen atoms in total. The molecule has 0 unspecified atom stereocenters. The molecule has 1 aromatic heterocycles. The molecule has 0 fully saturated rings. The third kappa shape index (κ3) is 1.90. The van der Waals surface area contributed by atoms with Crippen molar-refractivity contribution in [3.05, 3.63) is 95.3 Å². The summed E-state index contributed by atoms with van der Waals surface area (Å²) in [5, 5.41) is 0.983. The summed E-state index contributed by atoms with van der Waals surface area (Å²) in [5.41, 5.74) is 6.53. The van der Waals surface area contributed by atoms with Crippen LogP contribution in [0.25, 0.3) is 37.4 Å². The molecule has 5 rings (SSSR count). The van der Waals surface area contributed by atoms with Crippen molar-refractivity contribution in [3.8, 4) is 16.8 Å². The van der Waals surface area contributed by atoms with Gasteiger partial charge in [0.05, 0.1) is 18.5 Å². The maximum Gasteiger partial charge on any atom is 0.202 e. The van der Waals surface area contributed by atoms with Crippen molar-refractivity contribution < 1.29 is 4.68 Å². The first kappa shape index (κ1) is 14.5. The van der Waals surface area contributed by atoms with E-state index in [-0.39, 0.29) is 0 Å². The van der Waals surface area contributed by atoms with Crippen molar-refractivity contribution in [2.24, 2.45) is 0 Å². The molecule has 4 aromatic rings. The zero-order chi connectivity index (χ0) is 17.7. The maximum atomic E-state index is 7.40. The zero-order valence-electron chi connectivity index (χ0n) is 13.8. The Morgan fingerprint density at radius 2 is 1.65 bits per heavy atom. The van der Waals surface area contributed by atoms with Gasteiger partial charge in [-0.1, -0.05) is 54.6 Å². The van der Waals surface area contributed by atoms with Gasteiger partial charge >= 0.3 is 0 Å². The summed E-state index contributed by atoms with van der Waals surface area (Å²) in [6.07, 6.45) is 2.06. The van der Waals surface area contributed by atoms with Gasteiger partial charge in [0, 0.05) is 11.1 Å². The summed E-state index contributed by atoms with van der Waals surface area (Å²) in [7, 11) is 0. The first-order valence-electron chi connectivity index (χ1n) is 8.32. The topological polar surface area (TPSA) is 17.5 Å². The molecule has 0 spiro atoms. The maximum absolute atomic E-state index is 7.40. The zero-order valence-corrected chi connectivity index (χ0v) is 13.8. The third-order valence-corrected chi connectivity index (χ3v) is 4.89. The van der Waals surface area contributed by atoms with E-state index in [1.54, 1.807) is 0 Å². The first-order valence-corrected chi connectivity index (χ1v) is 8.32. The van der Waals surface area contributed by atoms with Crippen molar-refractivity contribution in [2.45, 2.75) is 6.54 Å². The predicted molar refractivity (Wildman–Crippen MR) is 101 cm³/mol. The van der Waals surface area contributed by atoms with Crippen molar-refractivity contribution in [1.29, 1.82) is 0 Å². The molecule has 0 N–H and O–H groups in total. The second-order valence-electron chi connectivity index (χ2n) is 6.34. The van der Waals surface area contributed by atoms with Gasteiger partial charge in [0.2, 0.25) is 6.20 Å². The van der Waals surface area contributed by atoms with Gasteiger partial charge in [-0.3, -0.25) is 9.69 Å². The summed E-state index contributed by atoms with van der Waals surface area (Å²) in [6, 6.07) is 20.4. The van der Waals surface area contributed by atoms with Crippen molar-refractivity contribution in [2.75, 3.05) is 0 Å². The quantitative estimate of drug-likeness (QED) is 0.302. The Labute approximate surface area is 150 Å². The van der Waals surface area contributed by atoms with E-state index >= 15 is 0 Å². The average Bonchev–Trinajstić information content (AvgIpc) is 3.22. The van der Waals surface area contributed by atoms with Crippen molar-refractivity contribution >= 4 is 22.3 Å². The fourth-order valence-electron chi connectivity index (χ4n) is 3.76. The largest absolute Gasteiger partial charge is 0.250 e. The minimum absolute atomic E-state index is 0.402. The highest BCUT2D eigenvalue weighted by Crippen LogP contribution is 2.38. The molecule has 1 aliphatic heterocycles. The summed E-state index contributed by atoms with van der Waals surface area (Å²) in [4.78, 5) is 7.05. The lowest BCUT2D eigenvalue weighted by Crippen LogP contribution is -2.36. The molecule has 0 atom stereocenters. The number of benzene rings is 3. The van der Waals surface area contributed by atoms with E-state index in [2.05, 4.69) is 55.6 Å². The number of aromatic nitrogens is 2. The van der Waals surface area contributed by atoms with Crippen LogP contribution in [0.15, 0.2) is 66.9 Å². The van der Waals surface area contributed by atoms with Crippen molar-refractivity contribution in [1.82, 2.24) is 4.68 Å². The number of hydrogen-bond acceptors (Lipinski definition) is 0. The van der Waals surface area contributed by atoms with Gasteiger partial charge in [-0.15, -0.1) is 9.36 Å². The van der Waals surface area contributed by atoms with E-state index in [0.29, 0.717) is 11.4 Å². The van der Waals surface area contributed by atoms with Crippen LogP contribution in [0.1, 0.15) is 5.56 Å². The van der Waals surface area contributed by atoms with E-state index < -0.39 is 0 Å². The Kier molecular flexibility index (Phi) is 2.95. The molecular formula is C22H13N4+. The van der Waals surface area contributed by atoms with Crippen LogP contribution in [-0.4, -0.2) is 4.68 Å². The molecule has 0 radical (unpaired) electrons. The van der Waals surface area contributed by atoms with Crippen LogP contribution in [0.4, 0.5) is 11.4 Å². The smallest absolute Gasteiger partial charge is 0.202 e. The highest BCUT2D eigenvalue weighted by atomic mass is 15.4. The molecule has 0 bridgehead atoms. The number of nitrogens with zero attached hydrogens (tertiary/aromatic N) is 4. The normalized spacial score (nSPS) is 11.6. The molecule has 120 valence electrons. The first-order chi connectivity index (χ1) is 12.8. The summed E-state index contributed by atoms with van der Waals surface area (Å²) >= 11 is 0. The molecule has 0 aliphatic carbocycles. The number of hydrogen-bond donors (Lipinski definition) is 0. The third-order valence-electron chi connectivity index (χ3n) is 4.89. The molecule has 2 heterocycles. The van der Waals surface area contributed by atoms with Gasteiger partial charge in [-0.05, 0) is 11.6 Å². The van der Waals surface area contributed by atoms with Gasteiger partial charge in [0.1, 0.15) is 11.2 Å². The Morgan fingerprint density at radius 1 is 0.885 bits per heavy atom. The fourth-order valence-corrected chi connectivity index (χ4v) is 3.76. The van der Waals surface area contributed by atoms with Crippen LogP contribution < -0.4 is 4.68 Å². The molecule has 3 aromatic carbocycles. The highest BCUT2D eigenvalue weighted by molar-refractivity contribution is 5.92. The van der Waals surface area contributed by atoms with E-state index in [1.807, 2.05) is 30.3 Å². The average molecular weight is 333 g/mol.